The average Bonchev–Trinajstić information content (AvgIpc) is 2.97. The van der Waals surface area contributed by atoms with E-state index >= 15 is 0 Å². The summed E-state index contributed by atoms with van der Waals surface area (Å²) in [5.41, 5.74) is 2.00. The van der Waals surface area contributed by atoms with Gasteiger partial charge in [0.05, 0.1) is 18.4 Å². The second kappa shape index (κ2) is 6.99. The highest BCUT2D eigenvalue weighted by molar-refractivity contribution is 7.99. The minimum atomic E-state index is 0.210. The molecule has 0 saturated carbocycles. The van der Waals surface area contributed by atoms with Crippen LogP contribution in [-0.4, -0.2) is 25.6 Å². The molecule has 23 heavy (non-hydrogen) atoms. The summed E-state index contributed by atoms with van der Waals surface area (Å²) < 4.78 is 1.99. The van der Waals surface area contributed by atoms with Crippen molar-refractivity contribution in [2.24, 2.45) is 0 Å². The zero-order valence-corrected chi connectivity index (χ0v) is 13.1. The van der Waals surface area contributed by atoms with E-state index in [9.17, 15) is 5.11 Å². The van der Waals surface area contributed by atoms with Crippen LogP contribution in [0.2, 0.25) is 0 Å². The molecule has 0 radical (unpaired) electrons. The maximum Gasteiger partial charge on any atom is 0.192 e. The van der Waals surface area contributed by atoms with E-state index in [4.69, 9.17) is 5.26 Å². The molecule has 6 heteroatoms. The Hall–Kier alpha value is -2.78. The molecule has 3 aromatic rings. The van der Waals surface area contributed by atoms with Gasteiger partial charge in [0.1, 0.15) is 5.75 Å². The fourth-order valence-electron chi connectivity index (χ4n) is 2.22. The van der Waals surface area contributed by atoms with E-state index in [0.717, 1.165) is 11.1 Å². The number of nitrogens with zero attached hydrogens (tertiary/aromatic N) is 4. The Morgan fingerprint density at radius 3 is 2.48 bits per heavy atom. The Morgan fingerprint density at radius 2 is 1.78 bits per heavy atom. The molecule has 0 aliphatic heterocycles. The normalized spacial score (nSPS) is 10.4. The van der Waals surface area contributed by atoms with Gasteiger partial charge < -0.3 is 5.11 Å². The van der Waals surface area contributed by atoms with Gasteiger partial charge in [0, 0.05) is 5.56 Å². The van der Waals surface area contributed by atoms with Gasteiger partial charge in [0.25, 0.3) is 0 Å². The fraction of sp³-hybridized carbons (Fsp3) is 0.118. The van der Waals surface area contributed by atoms with Gasteiger partial charge in [-0.15, -0.1) is 10.2 Å². The van der Waals surface area contributed by atoms with Crippen molar-refractivity contribution in [1.29, 1.82) is 5.26 Å². The second-order valence-corrected chi connectivity index (χ2v) is 5.81. The van der Waals surface area contributed by atoms with Crippen molar-refractivity contribution in [2.45, 2.75) is 11.7 Å². The predicted molar refractivity (Wildman–Crippen MR) is 89.0 cm³/mol. The molecular weight excluding hydrogens is 308 g/mol. The Labute approximate surface area is 138 Å². The van der Waals surface area contributed by atoms with Crippen LogP contribution in [-0.2, 0) is 6.54 Å². The molecule has 0 unspecified atom stereocenters. The third-order valence-electron chi connectivity index (χ3n) is 3.29. The van der Waals surface area contributed by atoms with Crippen molar-refractivity contribution in [2.75, 3.05) is 5.75 Å². The number of aromatic hydroxyl groups is 1. The third kappa shape index (κ3) is 3.52. The molecule has 0 aliphatic carbocycles. The molecule has 1 aromatic heterocycles. The average molecular weight is 322 g/mol. The predicted octanol–water partition coefficient (Wildman–Crippen LogP) is 3.31. The summed E-state index contributed by atoms with van der Waals surface area (Å²) >= 11 is 1.36. The molecule has 2 aromatic carbocycles. The van der Waals surface area contributed by atoms with Gasteiger partial charge in [0.15, 0.2) is 11.0 Å². The van der Waals surface area contributed by atoms with E-state index in [2.05, 4.69) is 16.3 Å². The van der Waals surface area contributed by atoms with Crippen LogP contribution >= 0.6 is 11.8 Å². The third-order valence-corrected chi connectivity index (χ3v) is 4.13. The first kappa shape index (κ1) is 15.1. The fourth-order valence-corrected chi connectivity index (χ4v) is 2.82. The van der Waals surface area contributed by atoms with Gasteiger partial charge in [-0.2, -0.15) is 5.26 Å². The summed E-state index contributed by atoms with van der Waals surface area (Å²) in [5.74, 6) is 1.25. The number of rotatable bonds is 5. The molecule has 1 N–H and O–H groups in total. The maximum atomic E-state index is 9.45. The lowest BCUT2D eigenvalue weighted by atomic mass is 10.2. The highest BCUT2D eigenvalue weighted by Crippen LogP contribution is 2.26. The lowest BCUT2D eigenvalue weighted by Gasteiger charge is -2.10. The summed E-state index contributed by atoms with van der Waals surface area (Å²) in [7, 11) is 0. The SMILES string of the molecule is N#CCSc1nnc(-c2ccc(O)cc2)n1Cc1ccccc1. The van der Waals surface area contributed by atoms with Crippen molar-refractivity contribution in [1.82, 2.24) is 14.8 Å². The van der Waals surface area contributed by atoms with Crippen LogP contribution < -0.4 is 0 Å². The molecule has 3 rings (SSSR count). The largest absolute Gasteiger partial charge is 0.508 e. The standard InChI is InChI=1S/C17H14N4OS/c18-10-11-23-17-20-19-16(14-6-8-15(22)9-7-14)21(17)12-13-4-2-1-3-5-13/h1-9,22H,11-12H2. The van der Waals surface area contributed by atoms with Gasteiger partial charge in [-0.1, -0.05) is 42.1 Å². The lowest BCUT2D eigenvalue weighted by molar-refractivity contribution is 0.475. The molecule has 0 bridgehead atoms. The van der Waals surface area contributed by atoms with E-state index in [1.54, 1.807) is 24.3 Å². The van der Waals surface area contributed by atoms with Crippen LogP contribution in [0.15, 0.2) is 59.8 Å². The van der Waals surface area contributed by atoms with E-state index in [1.807, 2.05) is 34.9 Å². The Balaban J connectivity index is 2.00. The minimum absolute atomic E-state index is 0.210. The molecule has 0 aliphatic rings. The monoisotopic (exact) mass is 322 g/mol. The zero-order valence-electron chi connectivity index (χ0n) is 12.3. The Bertz CT molecular complexity index is 822. The molecule has 0 fully saturated rings. The molecule has 114 valence electrons. The summed E-state index contributed by atoms with van der Waals surface area (Å²) in [6.07, 6.45) is 0. The molecule has 0 saturated heterocycles. The summed E-state index contributed by atoms with van der Waals surface area (Å²) in [6.45, 7) is 0.623. The van der Waals surface area contributed by atoms with Crippen molar-refractivity contribution in [3.63, 3.8) is 0 Å². The highest BCUT2D eigenvalue weighted by Gasteiger charge is 2.14. The van der Waals surface area contributed by atoms with Gasteiger partial charge in [-0.05, 0) is 29.8 Å². The summed E-state index contributed by atoms with van der Waals surface area (Å²) in [5, 5.41) is 27.4. The first-order valence-electron chi connectivity index (χ1n) is 7.04. The minimum Gasteiger partial charge on any atom is -0.508 e. The van der Waals surface area contributed by atoms with Crippen LogP contribution in [0.3, 0.4) is 0 Å². The number of hydrogen-bond donors (Lipinski definition) is 1. The van der Waals surface area contributed by atoms with Crippen LogP contribution in [0.1, 0.15) is 5.56 Å². The van der Waals surface area contributed by atoms with E-state index in [1.165, 1.54) is 11.8 Å². The van der Waals surface area contributed by atoms with Crippen molar-refractivity contribution >= 4 is 11.8 Å². The van der Waals surface area contributed by atoms with Gasteiger partial charge >= 0.3 is 0 Å². The smallest absolute Gasteiger partial charge is 0.192 e. The molecule has 1 heterocycles. The lowest BCUT2D eigenvalue weighted by Crippen LogP contribution is -2.04. The number of thioether (sulfide) groups is 1. The number of aromatic nitrogens is 3. The van der Waals surface area contributed by atoms with Gasteiger partial charge in [0.2, 0.25) is 0 Å². The number of hydrogen-bond acceptors (Lipinski definition) is 5. The topological polar surface area (TPSA) is 74.7 Å². The van der Waals surface area contributed by atoms with Crippen LogP contribution in [0.5, 0.6) is 5.75 Å². The molecular formula is C17H14N4OS. The Kier molecular flexibility index (Phi) is 4.60. The molecule has 5 nitrogen and oxygen atoms in total. The number of phenols is 1. The van der Waals surface area contributed by atoms with Crippen LogP contribution in [0.4, 0.5) is 0 Å². The number of benzene rings is 2. The van der Waals surface area contributed by atoms with Crippen molar-refractivity contribution in [3.8, 4) is 23.2 Å². The number of phenolic OH excluding ortho intramolecular Hbond substituents is 1. The first-order chi connectivity index (χ1) is 11.3. The maximum absolute atomic E-state index is 9.45. The molecule has 0 atom stereocenters. The number of nitriles is 1. The van der Waals surface area contributed by atoms with Crippen molar-refractivity contribution in [3.05, 3.63) is 60.2 Å². The summed E-state index contributed by atoms with van der Waals surface area (Å²) in [4.78, 5) is 0. The van der Waals surface area contributed by atoms with Crippen LogP contribution in [0, 0.1) is 11.3 Å². The highest BCUT2D eigenvalue weighted by atomic mass is 32.2. The summed E-state index contributed by atoms with van der Waals surface area (Å²) in [6, 6.07) is 19.0. The quantitative estimate of drug-likeness (QED) is 0.729. The molecule has 0 spiro atoms. The molecule has 0 amide bonds. The Morgan fingerprint density at radius 1 is 1.04 bits per heavy atom. The van der Waals surface area contributed by atoms with E-state index < -0.39 is 0 Å². The van der Waals surface area contributed by atoms with Crippen molar-refractivity contribution < 1.29 is 5.11 Å². The van der Waals surface area contributed by atoms with E-state index in [-0.39, 0.29) is 5.75 Å². The van der Waals surface area contributed by atoms with Crippen LogP contribution in [0.25, 0.3) is 11.4 Å². The van der Waals surface area contributed by atoms with Gasteiger partial charge in [-0.3, -0.25) is 4.57 Å². The first-order valence-corrected chi connectivity index (χ1v) is 8.03. The zero-order chi connectivity index (χ0) is 16.1. The van der Waals surface area contributed by atoms with E-state index in [0.29, 0.717) is 23.3 Å². The second-order valence-electron chi connectivity index (χ2n) is 4.87. The van der Waals surface area contributed by atoms with Gasteiger partial charge in [-0.25, -0.2) is 0 Å².